The number of nitrogens with one attached hydrogen (secondary N) is 2. The largest absolute Gasteiger partial charge is 0.467 e. The molecule has 2 aliphatic rings. The number of rotatable bonds is 4. The molecule has 0 bridgehead atoms. The molecule has 0 aliphatic carbocycles. The van der Waals surface area contributed by atoms with Crippen molar-refractivity contribution in [3.63, 3.8) is 0 Å². The van der Waals surface area contributed by atoms with Crippen molar-refractivity contribution in [2.45, 2.75) is 77.0 Å². The summed E-state index contributed by atoms with van der Waals surface area (Å²) in [4.78, 5) is 32.4. The SMILES string of the molecule is COC(=O)[C@@H]1NC(=O)O[C@@H]1C.C[C@H]1OC(=O)N[C@H]1CO[Si](C)(C)C(C)(C)C. The number of alkyl carbamates (subject to hydrolysis) is 2. The van der Waals surface area contributed by atoms with Crippen molar-refractivity contribution >= 4 is 26.5 Å². The van der Waals surface area contributed by atoms with E-state index < -0.39 is 32.5 Å². The van der Waals surface area contributed by atoms with Crippen molar-refractivity contribution in [1.29, 1.82) is 0 Å². The van der Waals surface area contributed by atoms with Crippen molar-refractivity contribution < 1.29 is 33.0 Å². The number of ether oxygens (including phenoxy) is 3. The van der Waals surface area contributed by atoms with Gasteiger partial charge in [0.05, 0.1) is 19.8 Å². The molecule has 0 saturated carbocycles. The Morgan fingerprint density at radius 2 is 1.59 bits per heavy atom. The summed E-state index contributed by atoms with van der Waals surface area (Å²) in [6.45, 7) is 15.1. The van der Waals surface area contributed by atoms with Crippen molar-refractivity contribution in [2.24, 2.45) is 0 Å². The molecular weight excluding hydrogens is 372 g/mol. The molecule has 0 radical (unpaired) electrons. The summed E-state index contributed by atoms with van der Waals surface area (Å²) >= 11 is 0. The van der Waals surface area contributed by atoms with Gasteiger partial charge in [-0.1, -0.05) is 20.8 Å². The molecule has 156 valence electrons. The third kappa shape index (κ3) is 6.38. The lowest BCUT2D eigenvalue weighted by molar-refractivity contribution is -0.143. The highest BCUT2D eigenvalue weighted by atomic mass is 28.4. The Kier molecular flexibility index (Phi) is 7.67. The molecular formula is C17H32N2O7Si. The zero-order valence-corrected chi connectivity index (χ0v) is 18.4. The first kappa shape index (κ1) is 23.2. The Hall–Kier alpha value is -1.81. The maximum Gasteiger partial charge on any atom is 0.408 e. The topological polar surface area (TPSA) is 112 Å². The summed E-state index contributed by atoms with van der Waals surface area (Å²) in [5.74, 6) is -0.483. The molecule has 2 amide bonds. The summed E-state index contributed by atoms with van der Waals surface area (Å²) in [5, 5.41) is 5.28. The van der Waals surface area contributed by atoms with E-state index in [1.54, 1.807) is 6.92 Å². The van der Waals surface area contributed by atoms with Crippen LogP contribution < -0.4 is 10.6 Å². The fourth-order valence-electron chi connectivity index (χ4n) is 2.14. The lowest BCUT2D eigenvalue weighted by atomic mass is 10.2. The molecule has 0 spiro atoms. The van der Waals surface area contributed by atoms with Crippen LogP contribution in [0, 0.1) is 0 Å². The highest BCUT2D eigenvalue weighted by molar-refractivity contribution is 6.74. The lowest BCUT2D eigenvalue weighted by Gasteiger charge is -2.37. The number of amides is 2. The van der Waals surface area contributed by atoms with Crippen molar-refractivity contribution in [3.8, 4) is 0 Å². The molecule has 4 atom stereocenters. The van der Waals surface area contributed by atoms with E-state index in [0.717, 1.165) is 0 Å². The molecule has 0 aromatic rings. The van der Waals surface area contributed by atoms with Gasteiger partial charge in [-0.25, -0.2) is 14.4 Å². The lowest BCUT2D eigenvalue weighted by Crippen LogP contribution is -2.45. The second kappa shape index (κ2) is 8.92. The minimum absolute atomic E-state index is 0.0124. The Bertz CT molecular complexity index is 562. The van der Waals surface area contributed by atoms with Gasteiger partial charge in [0.1, 0.15) is 12.2 Å². The highest BCUT2D eigenvalue weighted by Crippen LogP contribution is 2.36. The van der Waals surface area contributed by atoms with Crippen LogP contribution in [0.4, 0.5) is 9.59 Å². The van der Waals surface area contributed by atoms with Crippen LogP contribution in [0.2, 0.25) is 18.1 Å². The average Bonchev–Trinajstić information content (AvgIpc) is 3.04. The number of hydrogen-bond donors (Lipinski definition) is 2. The van der Waals surface area contributed by atoms with E-state index in [2.05, 4.69) is 54.0 Å². The van der Waals surface area contributed by atoms with Crippen LogP contribution in [-0.2, 0) is 23.4 Å². The Labute approximate surface area is 161 Å². The van der Waals surface area contributed by atoms with E-state index in [4.69, 9.17) is 9.16 Å². The number of hydrogen-bond acceptors (Lipinski definition) is 7. The predicted molar refractivity (Wildman–Crippen MR) is 101 cm³/mol. The van der Waals surface area contributed by atoms with Crippen LogP contribution in [0.25, 0.3) is 0 Å². The van der Waals surface area contributed by atoms with Gasteiger partial charge in [-0.05, 0) is 32.0 Å². The van der Waals surface area contributed by atoms with Gasteiger partial charge in [0.25, 0.3) is 0 Å². The van der Waals surface area contributed by atoms with Crippen LogP contribution in [0.3, 0.4) is 0 Å². The molecule has 2 fully saturated rings. The van der Waals surface area contributed by atoms with Crippen molar-refractivity contribution in [2.75, 3.05) is 13.7 Å². The normalized spacial score (nSPS) is 27.6. The van der Waals surface area contributed by atoms with E-state index in [-0.39, 0.29) is 23.3 Å². The standard InChI is InChI=1S/C11H23NO3Si.C6H9NO4/c1-8-9(12-10(13)15-8)7-14-16(5,6)11(2,3)4;1-3-4(5(8)10-2)7-6(9)11-3/h8-9H,7H2,1-6H3,(H,12,13);3-4H,1-2H3,(H,7,9)/t8-,9+;3-,4-/m11/s1. The molecule has 2 rings (SSSR count). The Balaban J connectivity index is 0.000000289. The molecule has 0 aromatic heterocycles. The molecule has 0 aromatic carbocycles. The summed E-state index contributed by atoms with van der Waals surface area (Å²) < 4.78 is 20.1. The molecule has 27 heavy (non-hydrogen) atoms. The number of methoxy groups -OCH3 is 1. The van der Waals surface area contributed by atoms with Crippen molar-refractivity contribution in [3.05, 3.63) is 0 Å². The van der Waals surface area contributed by atoms with Crippen LogP contribution in [0.1, 0.15) is 34.6 Å². The number of cyclic esters (lactones) is 2. The maximum atomic E-state index is 11.0. The first-order chi connectivity index (χ1) is 12.3. The van der Waals surface area contributed by atoms with Crippen LogP contribution >= 0.6 is 0 Å². The Morgan fingerprint density at radius 1 is 1.07 bits per heavy atom. The summed E-state index contributed by atoms with van der Waals surface area (Å²) in [7, 11) is -0.467. The van der Waals surface area contributed by atoms with Gasteiger partial charge in [0.15, 0.2) is 14.4 Å². The van der Waals surface area contributed by atoms with Gasteiger partial charge in [0.2, 0.25) is 0 Å². The molecule has 2 N–H and O–H groups in total. The third-order valence-electron chi connectivity index (χ3n) is 5.08. The quantitative estimate of drug-likeness (QED) is 0.419. The highest BCUT2D eigenvalue weighted by Gasteiger charge is 2.39. The first-order valence-corrected chi connectivity index (χ1v) is 11.9. The van der Waals surface area contributed by atoms with Crippen LogP contribution in [-0.4, -0.2) is 64.5 Å². The first-order valence-electron chi connectivity index (χ1n) is 8.94. The Morgan fingerprint density at radius 3 is 1.96 bits per heavy atom. The van der Waals surface area contributed by atoms with Gasteiger partial charge in [-0.15, -0.1) is 0 Å². The van der Waals surface area contributed by atoms with E-state index in [9.17, 15) is 14.4 Å². The second-order valence-corrected chi connectivity index (χ2v) is 13.0. The second-order valence-electron chi connectivity index (χ2n) is 8.19. The predicted octanol–water partition coefficient (Wildman–Crippen LogP) is 2.16. The molecule has 9 nitrogen and oxygen atoms in total. The van der Waals surface area contributed by atoms with Gasteiger partial charge in [-0.2, -0.15) is 0 Å². The minimum atomic E-state index is -1.73. The van der Waals surface area contributed by atoms with E-state index >= 15 is 0 Å². The van der Waals surface area contributed by atoms with E-state index in [1.807, 2.05) is 6.92 Å². The van der Waals surface area contributed by atoms with Gasteiger partial charge >= 0.3 is 18.2 Å². The minimum Gasteiger partial charge on any atom is -0.467 e. The molecule has 0 unspecified atom stereocenters. The molecule has 2 heterocycles. The van der Waals surface area contributed by atoms with Crippen molar-refractivity contribution in [1.82, 2.24) is 10.6 Å². The molecule has 10 heteroatoms. The fourth-order valence-corrected chi connectivity index (χ4v) is 3.17. The average molecular weight is 405 g/mol. The molecule has 2 saturated heterocycles. The van der Waals surface area contributed by atoms with E-state index in [1.165, 1.54) is 7.11 Å². The van der Waals surface area contributed by atoms with E-state index in [0.29, 0.717) is 6.61 Å². The van der Waals surface area contributed by atoms with Gasteiger partial charge < -0.3 is 29.3 Å². The number of carbonyl (C=O) groups excluding carboxylic acids is 3. The summed E-state index contributed by atoms with van der Waals surface area (Å²) in [6.07, 6.45) is -1.46. The summed E-state index contributed by atoms with van der Waals surface area (Å²) in [6, 6.07) is -0.672. The smallest absolute Gasteiger partial charge is 0.408 e. The summed E-state index contributed by atoms with van der Waals surface area (Å²) in [5.41, 5.74) is 0. The number of esters is 1. The van der Waals surface area contributed by atoms with Crippen LogP contribution in [0.15, 0.2) is 0 Å². The zero-order chi connectivity index (χ0) is 21.0. The number of carbonyl (C=O) groups is 3. The van der Waals surface area contributed by atoms with Gasteiger partial charge in [-0.3, -0.25) is 0 Å². The molecule has 2 aliphatic heterocycles. The third-order valence-corrected chi connectivity index (χ3v) is 9.58. The monoisotopic (exact) mass is 404 g/mol. The van der Waals surface area contributed by atoms with Gasteiger partial charge in [0, 0.05) is 0 Å². The van der Waals surface area contributed by atoms with Crippen LogP contribution in [0.5, 0.6) is 0 Å². The zero-order valence-electron chi connectivity index (χ0n) is 17.4. The fraction of sp³-hybridized carbons (Fsp3) is 0.824. The maximum absolute atomic E-state index is 11.0.